The Bertz CT molecular complexity index is 306. The molecule has 3 heteroatoms. The lowest BCUT2D eigenvalue weighted by atomic mass is 9.89. The molecule has 2 aliphatic heterocycles. The normalized spacial score (nSPS) is 30.8. The van der Waals surface area contributed by atoms with E-state index in [4.69, 9.17) is 4.74 Å². The Balaban J connectivity index is 1.82. The van der Waals surface area contributed by atoms with Gasteiger partial charge >= 0.3 is 0 Å². The van der Waals surface area contributed by atoms with Crippen molar-refractivity contribution in [2.24, 2.45) is 5.92 Å². The van der Waals surface area contributed by atoms with Crippen LogP contribution in [0.15, 0.2) is 0 Å². The second kappa shape index (κ2) is 6.33. The average Bonchev–Trinajstić information content (AvgIpc) is 2.59. The van der Waals surface area contributed by atoms with E-state index < -0.39 is 0 Å². The number of hydrogen-bond donors (Lipinski definition) is 1. The molecule has 0 spiro atoms. The second-order valence-corrected chi connectivity index (χ2v) is 7.87. The molecule has 0 aliphatic carbocycles. The first-order valence-corrected chi connectivity index (χ1v) is 8.49. The molecular weight excluding hydrogens is 248 g/mol. The van der Waals surface area contributed by atoms with E-state index in [0.717, 1.165) is 12.5 Å². The van der Waals surface area contributed by atoms with Crippen LogP contribution < -0.4 is 5.32 Å². The fraction of sp³-hybridized carbons (Fsp3) is 1.00. The van der Waals surface area contributed by atoms with Crippen molar-refractivity contribution in [3.05, 3.63) is 0 Å². The van der Waals surface area contributed by atoms with Gasteiger partial charge in [-0.05, 0) is 85.5 Å². The number of piperidine rings is 1. The summed E-state index contributed by atoms with van der Waals surface area (Å²) in [7, 11) is 0. The standard InChI is InChI=1S/C17H34N2O/c1-6-9-18-13-14-7-10-19(11-8-14)15-12-16(2,3)20-17(15,4)5/h14-15,18H,6-13H2,1-5H3. The molecule has 3 nitrogen and oxygen atoms in total. The molecule has 1 N–H and O–H groups in total. The van der Waals surface area contributed by atoms with E-state index in [-0.39, 0.29) is 11.2 Å². The van der Waals surface area contributed by atoms with Crippen molar-refractivity contribution >= 4 is 0 Å². The van der Waals surface area contributed by atoms with Crippen LogP contribution in [0.3, 0.4) is 0 Å². The van der Waals surface area contributed by atoms with Crippen LogP contribution in [0.2, 0.25) is 0 Å². The third-order valence-electron chi connectivity index (χ3n) is 4.98. The van der Waals surface area contributed by atoms with E-state index >= 15 is 0 Å². The molecule has 0 aromatic heterocycles. The highest BCUT2D eigenvalue weighted by Gasteiger charge is 2.48. The minimum atomic E-state index is -0.00318. The molecular formula is C17H34N2O. The summed E-state index contributed by atoms with van der Waals surface area (Å²) in [6.07, 6.45) is 5.08. The molecule has 2 fully saturated rings. The average molecular weight is 282 g/mol. The zero-order valence-electron chi connectivity index (χ0n) is 14.2. The highest BCUT2D eigenvalue weighted by atomic mass is 16.5. The van der Waals surface area contributed by atoms with E-state index in [0.29, 0.717) is 6.04 Å². The molecule has 1 unspecified atom stereocenters. The van der Waals surface area contributed by atoms with Crippen LogP contribution in [0, 0.1) is 5.92 Å². The molecule has 1 atom stereocenters. The number of hydrogen-bond acceptors (Lipinski definition) is 3. The van der Waals surface area contributed by atoms with Crippen LogP contribution >= 0.6 is 0 Å². The summed E-state index contributed by atoms with van der Waals surface area (Å²) in [6.45, 7) is 16.1. The zero-order chi connectivity index (χ0) is 14.8. The van der Waals surface area contributed by atoms with Gasteiger partial charge in [0.1, 0.15) is 0 Å². The van der Waals surface area contributed by atoms with Crippen LogP contribution in [0.25, 0.3) is 0 Å². The lowest BCUT2D eigenvalue weighted by Gasteiger charge is -2.40. The minimum Gasteiger partial charge on any atom is -0.368 e. The quantitative estimate of drug-likeness (QED) is 0.784. The number of likely N-dealkylation sites (tertiary alicyclic amines) is 1. The van der Waals surface area contributed by atoms with Crippen molar-refractivity contribution in [2.45, 2.75) is 77.5 Å². The zero-order valence-corrected chi connectivity index (χ0v) is 14.2. The van der Waals surface area contributed by atoms with Gasteiger partial charge in [0.05, 0.1) is 11.2 Å². The van der Waals surface area contributed by atoms with Gasteiger partial charge in [0.25, 0.3) is 0 Å². The SMILES string of the molecule is CCCNCC1CCN(C2CC(C)(C)OC2(C)C)CC1. The summed E-state index contributed by atoms with van der Waals surface area (Å²) in [6, 6.07) is 0.585. The summed E-state index contributed by atoms with van der Waals surface area (Å²) in [5.74, 6) is 0.872. The molecule has 0 amide bonds. The van der Waals surface area contributed by atoms with E-state index in [1.165, 1.54) is 45.3 Å². The highest BCUT2D eigenvalue weighted by Crippen LogP contribution is 2.41. The van der Waals surface area contributed by atoms with Gasteiger partial charge in [-0.15, -0.1) is 0 Å². The van der Waals surface area contributed by atoms with Gasteiger partial charge in [-0.2, -0.15) is 0 Å². The first-order valence-electron chi connectivity index (χ1n) is 8.49. The van der Waals surface area contributed by atoms with E-state index in [1.54, 1.807) is 0 Å². The maximum atomic E-state index is 6.25. The Morgan fingerprint density at radius 3 is 2.30 bits per heavy atom. The summed E-state index contributed by atoms with van der Waals surface area (Å²) in [4.78, 5) is 2.69. The number of nitrogens with one attached hydrogen (secondary N) is 1. The van der Waals surface area contributed by atoms with Crippen molar-refractivity contribution in [1.29, 1.82) is 0 Å². The predicted octanol–water partition coefficient (Wildman–Crippen LogP) is 3.04. The topological polar surface area (TPSA) is 24.5 Å². The Morgan fingerprint density at radius 2 is 1.80 bits per heavy atom. The first kappa shape index (κ1) is 16.3. The molecule has 0 bridgehead atoms. The van der Waals surface area contributed by atoms with Crippen LogP contribution in [0.4, 0.5) is 0 Å². The van der Waals surface area contributed by atoms with Gasteiger partial charge in [-0.25, -0.2) is 0 Å². The maximum absolute atomic E-state index is 6.25. The smallest absolute Gasteiger partial charge is 0.0789 e. The lowest BCUT2D eigenvalue weighted by molar-refractivity contribution is -0.0827. The molecule has 2 aliphatic rings. The predicted molar refractivity (Wildman–Crippen MR) is 85.1 cm³/mol. The van der Waals surface area contributed by atoms with Crippen molar-refractivity contribution in [2.75, 3.05) is 26.2 Å². The molecule has 20 heavy (non-hydrogen) atoms. The molecule has 2 heterocycles. The van der Waals surface area contributed by atoms with Crippen LogP contribution in [-0.2, 0) is 4.74 Å². The number of nitrogens with zero attached hydrogens (tertiary/aromatic N) is 1. The Kier molecular flexibility index (Phi) is 5.14. The van der Waals surface area contributed by atoms with Crippen LogP contribution in [0.5, 0.6) is 0 Å². The van der Waals surface area contributed by atoms with Gasteiger partial charge in [0, 0.05) is 6.04 Å². The van der Waals surface area contributed by atoms with Crippen molar-refractivity contribution in [3.8, 4) is 0 Å². The maximum Gasteiger partial charge on any atom is 0.0789 e. The minimum absolute atomic E-state index is 0.00318. The molecule has 0 aromatic rings. The lowest BCUT2D eigenvalue weighted by Crippen LogP contribution is -2.50. The Labute approximate surface area is 125 Å². The highest BCUT2D eigenvalue weighted by molar-refractivity contribution is 5.00. The molecule has 2 saturated heterocycles. The third kappa shape index (κ3) is 3.96. The summed E-state index contributed by atoms with van der Waals surface area (Å²) >= 11 is 0. The van der Waals surface area contributed by atoms with E-state index in [9.17, 15) is 0 Å². The fourth-order valence-electron chi connectivity index (χ4n) is 4.05. The summed E-state index contributed by atoms with van der Waals surface area (Å²) < 4.78 is 6.25. The Morgan fingerprint density at radius 1 is 1.15 bits per heavy atom. The van der Waals surface area contributed by atoms with Crippen molar-refractivity contribution in [1.82, 2.24) is 10.2 Å². The van der Waals surface area contributed by atoms with Gasteiger partial charge in [-0.1, -0.05) is 6.92 Å². The fourth-order valence-corrected chi connectivity index (χ4v) is 4.05. The molecule has 2 rings (SSSR count). The first-order chi connectivity index (χ1) is 9.34. The van der Waals surface area contributed by atoms with E-state index in [1.807, 2.05) is 0 Å². The van der Waals surface area contributed by atoms with Crippen molar-refractivity contribution < 1.29 is 4.74 Å². The van der Waals surface area contributed by atoms with E-state index in [2.05, 4.69) is 44.8 Å². The third-order valence-corrected chi connectivity index (χ3v) is 4.98. The van der Waals surface area contributed by atoms with Crippen LogP contribution in [-0.4, -0.2) is 48.3 Å². The molecule has 0 aromatic carbocycles. The summed E-state index contributed by atoms with van der Waals surface area (Å²) in [5.41, 5.74) is 0.0322. The molecule has 0 radical (unpaired) electrons. The number of ether oxygens (including phenoxy) is 1. The van der Waals surface area contributed by atoms with Crippen molar-refractivity contribution in [3.63, 3.8) is 0 Å². The Hall–Kier alpha value is -0.120. The van der Waals surface area contributed by atoms with Gasteiger partial charge in [-0.3, -0.25) is 4.90 Å². The molecule has 0 saturated carbocycles. The van der Waals surface area contributed by atoms with Gasteiger partial charge in [0.2, 0.25) is 0 Å². The van der Waals surface area contributed by atoms with Gasteiger partial charge in [0.15, 0.2) is 0 Å². The monoisotopic (exact) mass is 282 g/mol. The second-order valence-electron chi connectivity index (χ2n) is 7.87. The largest absolute Gasteiger partial charge is 0.368 e. The van der Waals surface area contributed by atoms with Crippen LogP contribution in [0.1, 0.15) is 60.3 Å². The van der Waals surface area contributed by atoms with Gasteiger partial charge < -0.3 is 10.1 Å². The molecule has 118 valence electrons. The number of rotatable bonds is 5. The summed E-state index contributed by atoms with van der Waals surface area (Å²) in [5, 5.41) is 3.58.